The minimum Gasteiger partial charge on any atom is -0.326 e. The fraction of sp³-hybridized carbons (Fsp3) is 0.750. The first-order chi connectivity index (χ1) is 5.07. The fourth-order valence-corrected chi connectivity index (χ4v) is 0.563. The third-order valence-corrected chi connectivity index (χ3v) is 1.34. The van der Waals surface area contributed by atoms with Crippen molar-refractivity contribution < 1.29 is 23.6 Å². The van der Waals surface area contributed by atoms with Crippen LogP contribution < -0.4 is 0 Å². The Morgan fingerprint density at radius 3 is 2.64 bits per heavy atom. The van der Waals surface area contributed by atoms with E-state index in [1.54, 1.807) is 0 Å². The van der Waals surface area contributed by atoms with Crippen LogP contribution in [0.3, 0.4) is 0 Å². The van der Waals surface area contributed by atoms with Crippen LogP contribution in [-0.2, 0) is 18.7 Å². The molecule has 0 aliphatic heterocycles. The van der Waals surface area contributed by atoms with Crippen LogP contribution >= 0.6 is 8.25 Å². The smallest absolute Gasteiger partial charge is 0.317 e. The molecule has 0 spiro atoms. The van der Waals surface area contributed by atoms with E-state index < -0.39 is 20.8 Å². The molecule has 66 valence electrons. The van der Waals surface area contributed by atoms with Crippen molar-refractivity contribution in [3.63, 3.8) is 0 Å². The van der Waals surface area contributed by atoms with Gasteiger partial charge in [0.15, 0.2) is 0 Å². The van der Waals surface area contributed by atoms with Gasteiger partial charge in [0.2, 0.25) is 0 Å². The predicted molar refractivity (Wildman–Crippen MR) is 37.0 cm³/mol. The summed E-state index contributed by atoms with van der Waals surface area (Å²) in [7, 11) is -0.343. The summed E-state index contributed by atoms with van der Waals surface area (Å²) >= 11 is 0. The lowest BCUT2D eigenvalue weighted by molar-refractivity contribution is -0.170. The summed E-state index contributed by atoms with van der Waals surface area (Å²) < 4.78 is 14.1. The van der Waals surface area contributed by atoms with Gasteiger partial charge in [-0.05, 0) is 0 Å². The number of hydrogen-bond donors (Lipinski definition) is 1. The molecule has 1 N–H and O–H groups in total. The molecule has 7 heteroatoms. The number of likely N-dealkylation sites (N-methyl/N-ethyl adjacent to an activating group) is 1. The Morgan fingerprint density at radius 2 is 2.27 bits per heavy atom. The maximum absolute atomic E-state index is 10.7. The zero-order valence-electron chi connectivity index (χ0n) is 6.23. The zero-order valence-corrected chi connectivity index (χ0v) is 7.23. The lowest BCUT2D eigenvalue weighted by Crippen LogP contribution is -2.28. The van der Waals surface area contributed by atoms with E-state index in [0.29, 0.717) is 0 Å². The molecule has 0 heterocycles. The molecule has 0 aliphatic carbocycles. The molecule has 0 aromatic heterocycles. The van der Waals surface area contributed by atoms with Crippen LogP contribution in [0, 0.1) is 0 Å². The standard InChI is InChI=1S/C4H10NO5P/c1-5(9-2)4(6)3-10-11(7)8/h11H,3H2,1-2H3,(H,7,8). The van der Waals surface area contributed by atoms with Gasteiger partial charge in [-0.15, -0.1) is 0 Å². The molecule has 0 bridgehead atoms. The number of rotatable bonds is 4. The van der Waals surface area contributed by atoms with Crippen LogP contribution in [-0.4, -0.2) is 36.6 Å². The SMILES string of the molecule is CON(C)C(=O)CO[PH](=O)O. The average Bonchev–Trinajstić information content (AvgIpc) is 1.98. The van der Waals surface area contributed by atoms with Gasteiger partial charge in [-0.25, -0.2) is 5.06 Å². The van der Waals surface area contributed by atoms with Gasteiger partial charge in [0.25, 0.3) is 5.91 Å². The van der Waals surface area contributed by atoms with E-state index in [1.807, 2.05) is 0 Å². The van der Waals surface area contributed by atoms with Crippen LogP contribution in [0.2, 0.25) is 0 Å². The Balaban J connectivity index is 3.60. The summed E-state index contributed by atoms with van der Waals surface area (Å²) in [6.07, 6.45) is 0. The van der Waals surface area contributed by atoms with Gasteiger partial charge < -0.3 is 9.42 Å². The van der Waals surface area contributed by atoms with E-state index in [1.165, 1.54) is 14.2 Å². The van der Waals surface area contributed by atoms with E-state index in [2.05, 4.69) is 9.36 Å². The second kappa shape index (κ2) is 5.26. The lowest BCUT2D eigenvalue weighted by atomic mass is 10.7. The van der Waals surface area contributed by atoms with Crippen LogP contribution in [0.15, 0.2) is 0 Å². The molecule has 11 heavy (non-hydrogen) atoms. The quantitative estimate of drug-likeness (QED) is 0.465. The molecule has 0 aromatic carbocycles. The first-order valence-electron chi connectivity index (χ1n) is 2.74. The monoisotopic (exact) mass is 183 g/mol. The average molecular weight is 183 g/mol. The molecule has 0 aliphatic rings. The summed E-state index contributed by atoms with van der Waals surface area (Å²) in [6, 6.07) is 0. The molecule has 0 rings (SSSR count). The zero-order chi connectivity index (χ0) is 8.85. The number of carbonyl (C=O) groups excluding carboxylic acids is 1. The number of carbonyl (C=O) groups is 1. The first-order valence-corrected chi connectivity index (χ1v) is 4.00. The number of amides is 1. The minimum absolute atomic E-state index is 0.446. The molecule has 0 aromatic rings. The van der Waals surface area contributed by atoms with Gasteiger partial charge in [0.1, 0.15) is 6.61 Å². The van der Waals surface area contributed by atoms with Crippen molar-refractivity contribution in [3.05, 3.63) is 0 Å². The molecule has 1 amide bonds. The van der Waals surface area contributed by atoms with Crippen LogP contribution in [0.1, 0.15) is 0 Å². The Hall–Kier alpha value is -0.420. The van der Waals surface area contributed by atoms with Gasteiger partial charge in [0.05, 0.1) is 7.11 Å². The lowest BCUT2D eigenvalue weighted by Gasteiger charge is -2.12. The third-order valence-electron chi connectivity index (χ3n) is 0.944. The number of hydrogen-bond acceptors (Lipinski definition) is 4. The molecule has 0 fully saturated rings. The molecule has 6 nitrogen and oxygen atoms in total. The highest BCUT2D eigenvalue weighted by Gasteiger charge is 2.08. The molecule has 0 saturated carbocycles. The van der Waals surface area contributed by atoms with Crippen molar-refractivity contribution >= 4 is 14.2 Å². The summed E-state index contributed by atoms with van der Waals surface area (Å²) in [4.78, 5) is 23.4. The summed E-state index contributed by atoms with van der Waals surface area (Å²) in [6.45, 7) is -0.446. The molecular weight excluding hydrogens is 173 g/mol. The van der Waals surface area contributed by atoms with Gasteiger partial charge >= 0.3 is 8.25 Å². The predicted octanol–water partition coefficient (Wildman–Crippen LogP) is -0.595. The minimum atomic E-state index is -3.02. The van der Waals surface area contributed by atoms with Gasteiger partial charge in [-0.2, -0.15) is 0 Å². The Labute approximate surface area is 64.6 Å². The fourth-order valence-electron chi connectivity index (χ4n) is 0.316. The first kappa shape index (κ1) is 10.6. The maximum atomic E-state index is 10.7. The Kier molecular flexibility index (Phi) is 5.06. The molecule has 1 unspecified atom stereocenters. The maximum Gasteiger partial charge on any atom is 0.317 e. The van der Waals surface area contributed by atoms with Crippen molar-refractivity contribution in [3.8, 4) is 0 Å². The molecular formula is C4H10NO5P. The van der Waals surface area contributed by atoms with Crippen molar-refractivity contribution in [1.82, 2.24) is 5.06 Å². The summed E-state index contributed by atoms with van der Waals surface area (Å²) in [5.74, 6) is -0.514. The van der Waals surface area contributed by atoms with Crippen molar-refractivity contribution in [2.24, 2.45) is 0 Å². The summed E-state index contributed by atoms with van der Waals surface area (Å²) in [5.41, 5.74) is 0. The second-order valence-corrected chi connectivity index (χ2v) is 2.45. The molecule has 1 atom stereocenters. The Bertz CT molecular complexity index is 161. The number of hydroxylamine groups is 2. The highest BCUT2D eigenvalue weighted by Crippen LogP contribution is 2.13. The van der Waals surface area contributed by atoms with Crippen LogP contribution in [0.25, 0.3) is 0 Å². The molecule has 0 radical (unpaired) electrons. The Morgan fingerprint density at radius 1 is 1.73 bits per heavy atom. The number of nitrogens with zero attached hydrogens (tertiary/aromatic N) is 1. The van der Waals surface area contributed by atoms with E-state index in [4.69, 9.17) is 4.89 Å². The van der Waals surface area contributed by atoms with Gasteiger partial charge in [-0.1, -0.05) is 0 Å². The van der Waals surface area contributed by atoms with Crippen molar-refractivity contribution in [2.45, 2.75) is 0 Å². The van der Waals surface area contributed by atoms with E-state index in [0.717, 1.165) is 5.06 Å². The highest BCUT2D eigenvalue weighted by molar-refractivity contribution is 7.32. The highest BCUT2D eigenvalue weighted by atomic mass is 31.1. The van der Waals surface area contributed by atoms with Crippen molar-refractivity contribution in [1.29, 1.82) is 0 Å². The largest absolute Gasteiger partial charge is 0.326 e. The molecule has 0 saturated heterocycles. The van der Waals surface area contributed by atoms with Crippen molar-refractivity contribution in [2.75, 3.05) is 20.8 Å². The van der Waals surface area contributed by atoms with Gasteiger partial charge in [0, 0.05) is 7.05 Å². The van der Waals surface area contributed by atoms with E-state index in [-0.39, 0.29) is 0 Å². The normalized spacial score (nSPS) is 12.6. The van der Waals surface area contributed by atoms with Crippen LogP contribution in [0.5, 0.6) is 0 Å². The third kappa shape index (κ3) is 4.92. The second-order valence-electron chi connectivity index (χ2n) is 1.63. The van der Waals surface area contributed by atoms with E-state index in [9.17, 15) is 9.36 Å². The summed E-state index contributed by atoms with van der Waals surface area (Å²) in [5, 5.41) is 0.908. The van der Waals surface area contributed by atoms with E-state index >= 15 is 0 Å². The van der Waals surface area contributed by atoms with Crippen LogP contribution in [0.4, 0.5) is 0 Å². The topological polar surface area (TPSA) is 76.1 Å². The van der Waals surface area contributed by atoms with Gasteiger partial charge in [-0.3, -0.25) is 14.2 Å².